The van der Waals surface area contributed by atoms with Gasteiger partial charge in [-0.15, -0.1) is 0 Å². The average molecular weight is 246 g/mol. The Balaban J connectivity index is 2.60. The molecule has 2 N–H and O–H groups in total. The molecule has 0 saturated carbocycles. The molecule has 0 amide bonds. The molecule has 0 unspecified atom stereocenters. The summed E-state index contributed by atoms with van der Waals surface area (Å²) in [5, 5.41) is 19.5. The molecule has 0 saturated heterocycles. The number of allylic oxidation sites excluding steroid dienone is 2. The van der Waals surface area contributed by atoms with Crippen LogP contribution in [0, 0.1) is 0 Å². The van der Waals surface area contributed by atoms with E-state index < -0.39 is 11.4 Å². The first-order valence-electron chi connectivity index (χ1n) is 5.60. The highest BCUT2D eigenvalue weighted by Gasteiger charge is 2.10. The Morgan fingerprint density at radius 1 is 1.33 bits per heavy atom. The summed E-state index contributed by atoms with van der Waals surface area (Å²) >= 11 is 0. The standard InChI is InChI=1S/C14H14O4/c1-8(2)3-4-10-7-9-5-6-11(15)12(16)13(9)18-14(10)17/h3,5-7,15-16H,4H2,1-2H3. The number of aromatic hydroxyl groups is 2. The van der Waals surface area contributed by atoms with Crippen molar-refractivity contribution in [3.05, 3.63) is 45.8 Å². The molecule has 4 nitrogen and oxygen atoms in total. The molecular weight excluding hydrogens is 232 g/mol. The summed E-state index contributed by atoms with van der Waals surface area (Å²) in [6.07, 6.45) is 2.42. The molecule has 2 aromatic rings. The normalized spacial score (nSPS) is 10.6. The second-order valence-corrected chi connectivity index (χ2v) is 4.40. The molecule has 4 heteroatoms. The molecule has 0 fully saturated rings. The van der Waals surface area contributed by atoms with E-state index in [4.69, 9.17) is 4.42 Å². The number of rotatable bonds is 2. The molecule has 0 radical (unpaired) electrons. The quantitative estimate of drug-likeness (QED) is 0.485. The van der Waals surface area contributed by atoms with Gasteiger partial charge in [0.25, 0.3) is 0 Å². The zero-order valence-corrected chi connectivity index (χ0v) is 10.2. The minimum absolute atomic E-state index is 0.0148. The largest absolute Gasteiger partial charge is 0.504 e. The maximum Gasteiger partial charge on any atom is 0.339 e. The molecule has 0 aliphatic carbocycles. The van der Waals surface area contributed by atoms with E-state index in [0.717, 1.165) is 5.57 Å². The van der Waals surface area contributed by atoms with Gasteiger partial charge in [0.15, 0.2) is 11.3 Å². The summed E-state index contributed by atoms with van der Waals surface area (Å²) in [6.45, 7) is 3.90. The Morgan fingerprint density at radius 3 is 2.72 bits per heavy atom. The predicted octanol–water partition coefficient (Wildman–Crippen LogP) is 2.71. The van der Waals surface area contributed by atoms with E-state index in [9.17, 15) is 15.0 Å². The van der Waals surface area contributed by atoms with Crippen molar-refractivity contribution in [2.45, 2.75) is 20.3 Å². The van der Waals surface area contributed by atoms with Crippen LogP contribution in [-0.4, -0.2) is 10.2 Å². The van der Waals surface area contributed by atoms with E-state index in [-0.39, 0.29) is 11.3 Å². The minimum Gasteiger partial charge on any atom is -0.504 e. The first-order valence-corrected chi connectivity index (χ1v) is 5.60. The molecule has 1 heterocycles. The Hall–Kier alpha value is -2.23. The van der Waals surface area contributed by atoms with E-state index in [1.165, 1.54) is 6.07 Å². The number of benzene rings is 1. The van der Waals surface area contributed by atoms with Gasteiger partial charge in [-0.05, 0) is 38.5 Å². The SMILES string of the molecule is CC(C)=CCc1cc2ccc(O)c(O)c2oc1=O. The number of fused-ring (bicyclic) bond motifs is 1. The van der Waals surface area contributed by atoms with Gasteiger partial charge < -0.3 is 14.6 Å². The van der Waals surface area contributed by atoms with Crippen molar-refractivity contribution in [3.8, 4) is 11.5 Å². The van der Waals surface area contributed by atoms with E-state index in [0.29, 0.717) is 17.4 Å². The number of phenols is 2. The van der Waals surface area contributed by atoms with Gasteiger partial charge in [-0.2, -0.15) is 0 Å². The summed E-state index contributed by atoms with van der Waals surface area (Å²) in [4.78, 5) is 11.7. The van der Waals surface area contributed by atoms with Crippen molar-refractivity contribution in [2.24, 2.45) is 0 Å². The number of hydrogen-bond acceptors (Lipinski definition) is 4. The van der Waals surface area contributed by atoms with E-state index in [1.54, 1.807) is 12.1 Å². The highest BCUT2D eigenvalue weighted by atomic mass is 16.4. The Bertz CT molecular complexity index is 676. The van der Waals surface area contributed by atoms with E-state index in [1.807, 2.05) is 19.9 Å². The summed E-state index contributed by atoms with van der Waals surface area (Å²) in [6, 6.07) is 4.63. The number of hydrogen-bond donors (Lipinski definition) is 2. The zero-order chi connectivity index (χ0) is 13.3. The molecule has 2 rings (SSSR count). The van der Waals surface area contributed by atoms with Crippen molar-refractivity contribution < 1.29 is 14.6 Å². The second-order valence-electron chi connectivity index (χ2n) is 4.40. The topological polar surface area (TPSA) is 70.7 Å². The van der Waals surface area contributed by atoms with Crippen molar-refractivity contribution in [1.82, 2.24) is 0 Å². The third-order valence-electron chi connectivity index (χ3n) is 2.66. The van der Waals surface area contributed by atoms with Crippen LogP contribution in [-0.2, 0) is 6.42 Å². The lowest BCUT2D eigenvalue weighted by atomic mass is 10.1. The van der Waals surface area contributed by atoms with Crippen LogP contribution in [0.25, 0.3) is 11.0 Å². The molecule has 18 heavy (non-hydrogen) atoms. The summed E-state index contributed by atoms with van der Waals surface area (Å²) in [7, 11) is 0. The van der Waals surface area contributed by atoms with Gasteiger partial charge in [0.05, 0.1) is 0 Å². The Kier molecular flexibility index (Phi) is 3.10. The van der Waals surface area contributed by atoms with Crippen LogP contribution in [0.3, 0.4) is 0 Å². The molecule has 1 aromatic heterocycles. The molecule has 94 valence electrons. The zero-order valence-electron chi connectivity index (χ0n) is 10.2. The third-order valence-corrected chi connectivity index (χ3v) is 2.66. The molecule has 0 bridgehead atoms. The molecule has 0 spiro atoms. The highest BCUT2D eigenvalue weighted by molar-refractivity contribution is 5.85. The maximum absolute atomic E-state index is 11.7. The monoisotopic (exact) mass is 246 g/mol. The smallest absolute Gasteiger partial charge is 0.339 e. The average Bonchev–Trinajstić information content (AvgIpc) is 2.32. The lowest BCUT2D eigenvalue weighted by Gasteiger charge is -2.03. The van der Waals surface area contributed by atoms with Gasteiger partial charge in [-0.25, -0.2) is 4.79 Å². The van der Waals surface area contributed by atoms with Crippen molar-refractivity contribution in [1.29, 1.82) is 0 Å². The van der Waals surface area contributed by atoms with Crippen LogP contribution in [0.5, 0.6) is 11.5 Å². The summed E-state index contributed by atoms with van der Waals surface area (Å²) < 4.78 is 5.04. The van der Waals surface area contributed by atoms with Crippen LogP contribution in [0.2, 0.25) is 0 Å². The lowest BCUT2D eigenvalue weighted by Crippen LogP contribution is -2.06. The lowest BCUT2D eigenvalue weighted by molar-refractivity contribution is 0.397. The van der Waals surface area contributed by atoms with Crippen LogP contribution in [0.4, 0.5) is 0 Å². The van der Waals surface area contributed by atoms with Crippen LogP contribution < -0.4 is 5.63 Å². The Labute approximate surface area is 104 Å². The van der Waals surface area contributed by atoms with Gasteiger partial charge in [0.2, 0.25) is 5.75 Å². The number of phenolic OH excluding ortho intramolecular Hbond substituents is 2. The second kappa shape index (κ2) is 4.56. The van der Waals surface area contributed by atoms with Crippen LogP contribution in [0.15, 0.2) is 39.1 Å². The fraction of sp³-hybridized carbons (Fsp3) is 0.214. The van der Waals surface area contributed by atoms with Crippen molar-refractivity contribution >= 4 is 11.0 Å². The van der Waals surface area contributed by atoms with E-state index >= 15 is 0 Å². The van der Waals surface area contributed by atoms with Crippen molar-refractivity contribution in [2.75, 3.05) is 0 Å². The van der Waals surface area contributed by atoms with Gasteiger partial charge in [0.1, 0.15) is 0 Å². The fourth-order valence-electron chi connectivity index (χ4n) is 1.66. The molecule has 1 aromatic carbocycles. The van der Waals surface area contributed by atoms with Crippen LogP contribution >= 0.6 is 0 Å². The highest BCUT2D eigenvalue weighted by Crippen LogP contribution is 2.32. The molecule has 0 aliphatic heterocycles. The third kappa shape index (κ3) is 2.22. The minimum atomic E-state index is -0.499. The van der Waals surface area contributed by atoms with Gasteiger partial charge in [-0.1, -0.05) is 11.6 Å². The first kappa shape index (κ1) is 12.2. The Morgan fingerprint density at radius 2 is 2.06 bits per heavy atom. The van der Waals surface area contributed by atoms with Crippen LogP contribution in [0.1, 0.15) is 19.4 Å². The molecule has 0 atom stereocenters. The predicted molar refractivity (Wildman–Crippen MR) is 68.9 cm³/mol. The van der Waals surface area contributed by atoms with Gasteiger partial charge >= 0.3 is 5.63 Å². The molecular formula is C14H14O4. The summed E-state index contributed by atoms with van der Waals surface area (Å²) in [5.41, 5.74) is 1.15. The first-order chi connectivity index (χ1) is 8.49. The maximum atomic E-state index is 11.7. The fourth-order valence-corrected chi connectivity index (χ4v) is 1.66. The van der Waals surface area contributed by atoms with Gasteiger partial charge in [-0.3, -0.25) is 0 Å². The van der Waals surface area contributed by atoms with Gasteiger partial charge in [0, 0.05) is 10.9 Å². The molecule has 0 aliphatic rings. The van der Waals surface area contributed by atoms with E-state index in [2.05, 4.69) is 0 Å². The summed E-state index contributed by atoms with van der Waals surface area (Å²) in [5.74, 6) is -0.707. The van der Waals surface area contributed by atoms with Crippen molar-refractivity contribution in [3.63, 3.8) is 0 Å².